The summed E-state index contributed by atoms with van der Waals surface area (Å²) in [6.45, 7) is 1.35. The standard InChI is InChI=1S/C10H12Cl2N2O5S/c1-6(4-5-15)13-20(18,19)8-3-2-7(11)10(9(8)12)14(16)17/h2-3,6,13,15H,4-5H2,1H3. The van der Waals surface area contributed by atoms with Gasteiger partial charge in [-0.15, -0.1) is 0 Å². The molecule has 1 unspecified atom stereocenters. The van der Waals surface area contributed by atoms with E-state index in [2.05, 4.69) is 4.72 Å². The molecular weight excluding hydrogens is 331 g/mol. The molecule has 0 aliphatic carbocycles. The third-order valence-electron chi connectivity index (χ3n) is 2.42. The van der Waals surface area contributed by atoms with Gasteiger partial charge in [-0.1, -0.05) is 23.2 Å². The van der Waals surface area contributed by atoms with Crippen LogP contribution in [0.3, 0.4) is 0 Å². The SMILES string of the molecule is CC(CCO)NS(=O)(=O)c1ccc(Cl)c([N+](=O)[O-])c1Cl. The highest BCUT2D eigenvalue weighted by Gasteiger charge is 2.28. The van der Waals surface area contributed by atoms with E-state index in [4.69, 9.17) is 28.3 Å². The number of aliphatic hydroxyl groups excluding tert-OH is 1. The molecule has 112 valence electrons. The fraction of sp³-hybridized carbons (Fsp3) is 0.400. The fourth-order valence-corrected chi connectivity index (χ4v) is 3.65. The molecule has 10 heteroatoms. The lowest BCUT2D eigenvalue weighted by Crippen LogP contribution is -2.33. The molecule has 0 saturated carbocycles. The van der Waals surface area contributed by atoms with Crippen molar-refractivity contribution in [2.24, 2.45) is 0 Å². The second kappa shape index (κ2) is 6.68. The Morgan fingerprint density at radius 2 is 2.05 bits per heavy atom. The molecule has 1 aromatic rings. The van der Waals surface area contributed by atoms with E-state index in [-0.39, 0.29) is 18.1 Å². The maximum atomic E-state index is 12.1. The van der Waals surface area contributed by atoms with Crippen molar-refractivity contribution in [3.05, 3.63) is 32.3 Å². The lowest BCUT2D eigenvalue weighted by Gasteiger charge is -2.14. The first-order valence-electron chi connectivity index (χ1n) is 5.46. The molecule has 0 bridgehead atoms. The van der Waals surface area contributed by atoms with Gasteiger partial charge in [-0.25, -0.2) is 13.1 Å². The van der Waals surface area contributed by atoms with Gasteiger partial charge in [0.15, 0.2) is 0 Å². The number of aliphatic hydroxyl groups is 1. The van der Waals surface area contributed by atoms with Gasteiger partial charge in [0, 0.05) is 12.6 Å². The van der Waals surface area contributed by atoms with E-state index >= 15 is 0 Å². The summed E-state index contributed by atoms with van der Waals surface area (Å²) in [5.74, 6) is 0. The molecule has 1 aromatic carbocycles. The van der Waals surface area contributed by atoms with E-state index < -0.39 is 36.6 Å². The molecule has 0 heterocycles. The van der Waals surface area contributed by atoms with Crippen molar-refractivity contribution in [2.45, 2.75) is 24.3 Å². The summed E-state index contributed by atoms with van der Waals surface area (Å²) in [5, 5.41) is 18.8. The second-order valence-electron chi connectivity index (χ2n) is 4.00. The summed E-state index contributed by atoms with van der Waals surface area (Å²) in [7, 11) is -4.04. The molecule has 0 spiro atoms. The van der Waals surface area contributed by atoms with Gasteiger partial charge in [-0.3, -0.25) is 10.1 Å². The number of nitrogens with zero attached hydrogens (tertiary/aromatic N) is 1. The maximum Gasteiger partial charge on any atom is 0.307 e. The van der Waals surface area contributed by atoms with Crippen LogP contribution in [0.2, 0.25) is 10.0 Å². The molecule has 0 fully saturated rings. The topological polar surface area (TPSA) is 110 Å². The lowest BCUT2D eigenvalue weighted by molar-refractivity contribution is -0.384. The van der Waals surface area contributed by atoms with E-state index in [1.165, 1.54) is 0 Å². The molecule has 1 rings (SSSR count). The lowest BCUT2D eigenvalue weighted by atomic mass is 10.3. The largest absolute Gasteiger partial charge is 0.396 e. The quantitative estimate of drug-likeness (QED) is 0.606. The van der Waals surface area contributed by atoms with Gasteiger partial charge in [0.25, 0.3) is 0 Å². The van der Waals surface area contributed by atoms with Crippen LogP contribution in [0.15, 0.2) is 17.0 Å². The maximum absolute atomic E-state index is 12.1. The van der Waals surface area contributed by atoms with Gasteiger partial charge in [0.2, 0.25) is 10.0 Å². The Bertz CT molecular complexity index is 620. The molecule has 0 saturated heterocycles. The third kappa shape index (κ3) is 3.80. The predicted octanol–water partition coefficient (Wildman–Crippen LogP) is 1.95. The zero-order valence-corrected chi connectivity index (χ0v) is 12.7. The molecule has 20 heavy (non-hydrogen) atoms. The smallest absolute Gasteiger partial charge is 0.307 e. The molecular formula is C10H12Cl2N2O5S. The van der Waals surface area contributed by atoms with Crippen LogP contribution in [0.25, 0.3) is 0 Å². The molecule has 0 aliphatic heterocycles. The normalized spacial score (nSPS) is 13.2. The van der Waals surface area contributed by atoms with E-state index in [1.807, 2.05) is 0 Å². The number of benzene rings is 1. The van der Waals surface area contributed by atoms with Gasteiger partial charge in [0.1, 0.15) is 14.9 Å². The average Bonchev–Trinajstić information content (AvgIpc) is 2.27. The first-order valence-corrected chi connectivity index (χ1v) is 7.70. The van der Waals surface area contributed by atoms with Crippen LogP contribution in [0, 0.1) is 10.1 Å². The second-order valence-corrected chi connectivity index (χ2v) is 6.47. The zero-order valence-electron chi connectivity index (χ0n) is 10.3. The number of nitro groups is 1. The zero-order chi connectivity index (χ0) is 15.5. The molecule has 0 amide bonds. The minimum absolute atomic E-state index is 0.196. The van der Waals surface area contributed by atoms with Crippen molar-refractivity contribution < 1.29 is 18.4 Å². The molecule has 0 aromatic heterocycles. The van der Waals surface area contributed by atoms with Crippen molar-refractivity contribution in [3.8, 4) is 0 Å². The summed E-state index contributed by atoms with van der Waals surface area (Å²) in [6.07, 6.45) is 0.201. The van der Waals surface area contributed by atoms with Crippen molar-refractivity contribution in [3.63, 3.8) is 0 Å². The number of sulfonamides is 1. The van der Waals surface area contributed by atoms with Gasteiger partial charge in [0.05, 0.1) is 4.92 Å². The molecule has 1 atom stereocenters. The van der Waals surface area contributed by atoms with Crippen LogP contribution in [0.5, 0.6) is 0 Å². The van der Waals surface area contributed by atoms with Crippen LogP contribution in [0.1, 0.15) is 13.3 Å². The van der Waals surface area contributed by atoms with Crippen LogP contribution in [0.4, 0.5) is 5.69 Å². The minimum Gasteiger partial charge on any atom is -0.396 e. The van der Waals surface area contributed by atoms with Gasteiger partial charge in [-0.05, 0) is 25.5 Å². The van der Waals surface area contributed by atoms with Crippen LogP contribution >= 0.6 is 23.2 Å². The van der Waals surface area contributed by atoms with Crippen molar-refractivity contribution in [2.75, 3.05) is 6.61 Å². The number of hydrogen-bond acceptors (Lipinski definition) is 5. The summed E-state index contributed by atoms with van der Waals surface area (Å²) < 4.78 is 26.4. The van der Waals surface area contributed by atoms with Crippen LogP contribution in [-0.4, -0.2) is 31.1 Å². The van der Waals surface area contributed by atoms with Crippen molar-refractivity contribution in [1.29, 1.82) is 0 Å². The highest BCUT2D eigenvalue weighted by Crippen LogP contribution is 2.37. The summed E-state index contributed by atoms with van der Waals surface area (Å²) in [4.78, 5) is 9.56. The number of hydrogen-bond donors (Lipinski definition) is 2. The predicted molar refractivity (Wildman–Crippen MR) is 74.6 cm³/mol. The monoisotopic (exact) mass is 342 g/mol. The van der Waals surface area contributed by atoms with Crippen LogP contribution in [-0.2, 0) is 10.0 Å². The van der Waals surface area contributed by atoms with Gasteiger partial charge >= 0.3 is 5.69 Å². The first kappa shape index (κ1) is 17.1. The van der Waals surface area contributed by atoms with Gasteiger partial charge < -0.3 is 5.11 Å². The molecule has 2 N–H and O–H groups in total. The fourth-order valence-electron chi connectivity index (χ4n) is 1.48. The molecule has 7 nitrogen and oxygen atoms in total. The Kier molecular flexibility index (Phi) is 5.72. The summed E-state index contributed by atoms with van der Waals surface area (Å²) >= 11 is 11.4. The highest BCUT2D eigenvalue weighted by molar-refractivity contribution is 7.89. The van der Waals surface area contributed by atoms with E-state index in [9.17, 15) is 18.5 Å². The Hall–Kier alpha value is -0.930. The molecule has 0 radical (unpaired) electrons. The highest BCUT2D eigenvalue weighted by atomic mass is 35.5. The summed E-state index contributed by atoms with van der Waals surface area (Å²) in [5.41, 5.74) is -0.661. The third-order valence-corrected chi connectivity index (χ3v) is 4.85. The van der Waals surface area contributed by atoms with Crippen LogP contribution < -0.4 is 4.72 Å². The Morgan fingerprint density at radius 3 is 2.55 bits per heavy atom. The Balaban J connectivity index is 3.26. The minimum atomic E-state index is -4.04. The number of rotatable bonds is 6. The summed E-state index contributed by atoms with van der Waals surface area (Å²) in [6, 6.07) is 1.64. The van der Waals surface area contributed by atoms with Crippen molar-refractivity contribution in [1.82, 2.24) is 4.72 Å². The van der Waals surface area contributed by atoms with E-state index in [0.29, 0.717) is 0 Å². The Morgan fingerprint density at radius 1 is 1.45 bits per heavy atom. The Labute approximate surface area is 125 Å². The average molecular weight is 343 g/mol. The van der Waals surface area contributed by atoms with Gasteiger partial charge in [-0.2, -0.15) is 0 Å². The number of nitro benzene ring substituents is 1. The van der Waals surface area contributed by atoms with E-state index in [1.54, 1.807) is 6.92 Å². The first-order chi connectivity index (χ1) is 9.20. The number of halogens is 2. The molecule has 0 aliphatic rings. The van der Waals surface area contributed by atoms with Crippen molar-refractivity contribution >= 4 is 38.9 Å². The number of nitrogens with one attached hydrogen (secondary N) is 1. The van der Waals surface area contributed by atoms with E-state index in [0.717, 1.165) is 12.1 Å².